The van der Waals surface area contributed by atoms with E-state index in [0.717, 1.165) is 12.4 Å². The van der Waals surface area contributed by atoms with Crippen LogP contribution in [0.2, 0.25) is 5.15 Å². The second kappa shape index (κ2) is 4.89. The molecule has 0 spiro atoms. The van der Waals surface area contributed by atoms with Crippen LogP contribution in [-0.4, -0.2) is 24.7 Å². The maximum absolute atomic E-state index is 5.72. The van der Waals surface area contributed by atoms with Crippen molar-refractivity contribution in [1.29, 1.82) is 0 Å². The van der Waals surface area contributed by atoms with Gasteiger partial charge in [0.15, 0.2) is 5.82 Å². The normalized spacial score (nSPS) is 10.4. The lowest BCUT2D eigenvalue weighted by molar-refractivity contribution is 0.707. The van der Waals surface area contributed by atoms with Crippen molar-refractivity contribution in [2.45, 2.75) is 20.0 Å². The molecule has 7 heteroatoms. The largest absolute Gasteiger partial charge is 0.361 e. The van der Waals surface area contributed by atoms with Gasteiger partial charge in [0.05, 0.1) is 18.9 Å². The molecule has 84 valence electrons. The van der Waals surface area contributed by atoms with Gasteiger partial charge in [0.1, 0.15) is 17.3 Å². The molecule has 2 aromatic heterocycles. The van der Waals surface area contributed by atoms with E-state index >= 15 is 0 Å². The Morgan fingerprint density at radius 2 is 2.31 bits per heavy atom. The Kier molecular flexibility index (Phi) is 3.31. The fraction of sp³-hybridized carbons (Fsp3) is 0.333. The van der Waals surface area contributed by atoms with Crippen molar-refractivity contribution in [3.63, 3.8) is 0 Å². The maximum Gasteiger partial charge on any atom is 0.152 e. The molecule has 0 radical (unpaired) electrons. The number of nitrogens with one attached hydrogen (secondary N) is 1. The fourth-order valence-corrected chi connectivity index (χ4v) is 1.42. The van der Waals surface area contributed by atoms with Crippen LogP contribution in [0.25, 0.3) is 0 Å². The van der Waals surface area contributed by atoms with Gasteiger partial charge in [-0.3, -0.25) is 4.98 Å². The molecule has 0 atom stereocenters. The molecule has 6 nitrogen and oxygen atoms in total. The minimum Gasteiger partial charge on any atom is -0.361 e. The molecule has 0 bridgehead atoms. The molecule has 16 heavy (non-hydrogen) atoms. The third kappa shape index (κ3) is 2.46. The van der Waals surface area contributed by atoms with Crippen molar-refractivity contribution >= 4 is 17.4 Å². The standard InChI is InChI=1S/C9H11ClN6/c1-2-16-6-13-15-9(16)5-12-8-4-11-3-7(10)14-8/h3-4,6H,2,5H2,1H3,(H,12,14). The van der Waals surface area contributed by atoms with E-state index < -0.39 is 0 Å². The number of hydrogen-bond donors (Lipinski definition) is 1. The third-order valence-electron chi connectivity index (χ3n) is 2.07. The van der Waals surface area contributed by atoms with Gasteiger partial charge in [0.25, 0.3) is 0 Å². The summed E-state index contributed by atoms with van der Waals surface area (Å²) >= 11 is 5.72. The highest BCUT2D eigenvalue weighted by Crippen LogP contribution is 2.07. The zero-order valence-electron chi connectivity index (χ0n) is 8.76. The first-order valence-electron chi connectivity index (χ1n) is 4.87. The Balaban J connectivity index is 2.02. The van der Waals surface area contributed by atoms with Crippen LogP contribution in [0.4, 0.5) is 5.82 Å². The summed E-state index contributed by atoms with van der Waals surface area (Å²) < 4.78 is 1.95. The second-order valence-corrected chi connectivity index (χ2v) is 3.50. The molecule has 2 heterocycles. The number of halogens is 1. The van der Waals surface area contributed by atoms with E-state index in [-0.39, 0.29) is 0 Å². The summed E-state index contributed by atoms with van der Waals surface area (Å²) in [6.45, 7) is 3.42. The highest BCUT2D eigenvalue weighted by Gasteiger charge is 2.02. The third-order valence-corrected chi connectivity index (χ3v) is 2.25. The van der Waals surface area contributed by atoms with Crippen LogP contribution in [0, 0.1) is 0 Å². The average Bonchev–Trinajstić information content (AvgIpc) is 2.74. The molecule has 0 unspecified atom stereocenters. The highest BCUT2D eigenvalue weighted by molar-refractivity contribution is 6.29. The van der Waals surface area contributed by atoms with Crippen molar-refractivity contribution in [2.75, 3.05) is 5.32 Å². The van der Waals surface area contributed by atoms with Crippen LogP contribution in [0.5, 0.6) is 0 Å². The Labute approximate surface area is 97.7 Å². The van der Waals surface area contributed by atoms with Gasteiger partial charge in [-0.25, -0.2) is 4.98 Å². The first-order valence-corrected chi connectivity index (χ1v) is 5.25. The molecule has 2 aromatic rings. The van der Waals surface area contributed by atoms with Crippen LogP contribution < -0.4 is 5.32 Å². The number of nitrogens with zero attached hydrogens (tertiary/aromatic N) is 5. The van der Waals surface area contributed by atoms with Crippen LogP contribution in [0.3, 0.4) is 0 Å². The molecule has 0 aliphatic carbocycles. The molecule has 0 saturated carbocycles. The average molecular weight is 239 g/mol. The van der Waals surface area contributed by atoms with Gasteiger partial charge >= 0.3 is 0 Å². The topological polar surface area (TPSA) is 68.5 Å². The first-order chi connectivity index (χ1) is 7.79. The van der Waals surface area contributed by atoms with E-state index in [9.17, 15) is 0 Å². The smallest absolute Gasteiger partial charge is 0.152 e. The van der Waals surface area contributed by atoms with Gasteiger partial charge in [-0.05, 0) is 6.92 Å². The Hall–Kier alpha value is -1.69. The first kappa shape index (κ1) is 10.8. The van der Waals surface area contributed by atoms with Gasteiger partial charge in [-0.1, -0.05) is 11.6 Å². The predicted molar refractivity (Wildman–Crippen MR) is 60.1 cm³/mol. The summed E-state index contributed by atoms with van der Waals surface area (Å²) in [5.74, 6) is 1.47. The van der Waals surface area contributed by atoms with E-state index in [1.807, 2.05) is 11.5 Å². The zero-order valence-corrected chi connectivity index (χ0v) is 9.52. The van der Waals surface area contributed by atoms with Crippen LogP contribution in [0.15, 0.2) is 18.7 Å². The van der Waals surface area contributed by atoms with Crippen molar-refractivity contribution in [1.82, 2.24) is 24.7 Å². The number of aromatic nitrogens is 5. The highest BCUT2D eigenvalue weighted by atomic mass is 35.5. The van der Waals surface area contributed by atoms with Crippen molar-refractivity contribution in [3.05, 3.63) is 29.7 Å². The molecule has 0 aliphatic rings. The summed E-state index contributed by atoms with van der Waals surface area (Å²) in [7, 11) is 0. The molecule has 0 amide bonds. The van der Waals surface area contributed by atoms with E-state index in [0.29, 0.717) is 17.5 Å². The summed E-state index contributed by atoms with van der Waals surface area (Å²) in [5, 5.41) is 11.3. The van der Waals surface area contributed by atoms with Gasteiger partial charge in [0, 0.05) is 6.54 Å². The van der Waals surface area contributed by atoms with Gasteiger partial charge < -0.3 is 9.88 Å². The Bertz CT molecular complexity index is 469. The molecular weight excluding hydrogens is 228 g/mol. The number of aryl methyl sites for hydroxylation is 1. The number of anilines is 1. The SMILES string of the molecule is CCn1cnnc1CNc1cncc(Cl)n1. The van der Waals surface area contributed by atoms with E-state index in [1.165, 1.54) is 6.20 Å². The van der Waals surface area contributed by atoms with Crippen LogP contribution in [0.1, 0.15) is 12.7 Å². The van der Waals surface area contributed by atoms with Crippen molar-refractivity contribution < 1.29 is 0 Å². The molecule has 0 aromatic carbocycles. The van der Waals surface area contributed by atoms with Gasteiger partial charge in [-0.2, -0.15) is 0 Å². The summed E-state index contributed by atoms with van der Waals surface area (Å²) in [6, 6.07) is 0. The lowest BCUT2D eigenvalue weighted by Gasteiger charge is -2.05. The molecule has 0 fully saturated rings. The molecular formula is C9H11ClN6. The predicted octanol–water partition coefficient (Wildman–Crippen LogP) is 1.35. The number of rotatable bonds is 4. The Morgan fingerprint density at radius 1 is 1.44 bits per heavy atom. The minimum atomic E-state index is 0.363. The maximum atomic E-state index is 5.72. The van der Waals surface area contributed by atoms with Gasteiger partial charge in [0.2, 0.25) is 0 Å². The van der Waals surface area contributed by atoms with E-state index in [1.54, 1.807) is 12.5 Å². The molecule has 0 aliphatic heterocycles. The Morgan fingerprint density at radius 3 is 3.06 bits per heavy atom. The lowest BCUT2D eigenvalue weighted by atomic mass is 10.5. The van der Waals surface area contributed by atoms with Crippen molar-refractivity contribution in [3.8, 4) is 0 Å². The summed E-state index contributed by atoms with van der Waals surface area (Å²) in [6.07, 6.45) is 4.79. The monoisotopic (exact) mass is 238 g/mol. The lowest BCUT2D eigenvalue weighted by Crippen LogP contribution is -2.08. The fourth-order valence-electron chi connectivity index (χ4n) is 1.28. The summed E-state index contributed by atoms with van der Waals surface area (Å²) in [4.78, 5) is 7.99. The quantitative estimate of drug-likeness (QED) is 0.871. The van der Waals surface area contributed by atoms with Crippen LogP contribution in [-0.2, 0) is 13.1 Å². The van der Waals surface area contributed by atoms with E-state index in [2.05, 4.69) is 25.5 Å². The molecule has 0 saturated heterocycles. The number of hydrogen-bond acceptors (Lipinski definition) is 5. The molecule has 2 rings (SSSR count). The minimum absolute atomic E-state index is 0.363. The van der Waals surface area contributed by atoms with Gasteiger partial charge in [-0.15, -0.1) is 10.2 Å². The van der Waals surface area contributed by atoms with E-state index in [4.69, 9.17) is 11.6 Å². The second-order valence-electron chi connectivity index (χ2n) is 3.11. The zero-order chi connectivity index (χ0) is 11.4. The van der Waals surface area contributed by atoms with Crippen LogP contribution >= 0.6 is 11.6 Å². The molecule has 1 N–H and O–H groups in total. The summed E-state index contributed by atoms with van der Waals surface area (Å²) in [5.41, 5.74) is 0. The van der Waals surface area contributed by atoms with Crippen molar-refractivity contribution in [2.24, 2.45) is 0 Å².